The van der Waals surface area contributed by atoms with E-state index >= 15 is 0 Å². The van der Waals surface area contributed by atoms with Crippen LogP contribution in [-0.2, 0) is 0 Å². The number of para-hydroxylation sites is 1. The molecule has 1 fully saturated rings. The summed E-state index contributed by atoms with van der Waals surface area (Å²) >= 11 is 2.43. The first-order chi connectivity index (χ1) is 7.70. The lowest BCUT2D eigenvalue weighted by molar-refractivity contribution is 0.390. The van der Waals surface area contributed by atoms with Gasteiger partial charge in [-0.05, 0) is 40.6 Å². The van der Waals surface area contributed by atoms with Gasteiger partial charge in [0.2, 0.25) is 0 Å². The third kappa shape index (κ3) is 2.51. The second-order valence-electron chi connectivity index (χ2n) is 4.66. The zero-order chi connectivity index (χ0) is 11.5. The number of piperazine rings is 1. The highest BCUT2D eigenvalue weighted by molar-refractivity contribution is 14.1. The minimum atomic E-state index is 0.615. The zero-order valence-electron chi connectivity index (χ0n) is 9.91. The predicted molar refractivity (Wildman–Crippen MR) is 78.0 cm³/mol. The van der Waals surface area contributed by atoms with Crippen molar-refractivity contribution < 1.29 is 0 Å². The molecule has 1 aliphatic heterocycles. The topological polar surface area (TPSA) is 15.3 Å². The second-order valence-corrected chi connectivity index (χ2v) is 5.82. The van der Waals surface area contributed by atoms with Crippen molar-refractivity contribution in [2.24, 2.45) is 5.92 Å². The van der Waals surface area contributed by atoms with E-state index in [1.54, 1.807) is 0 Å². The molecule has 2 rings (SSSR count). The predicted octanol–water partition coefficient (Wildman–Crippen LogP) is 2.73. The van der Waals surface area contributed by atoms with Crippen LogP contribution in [0.15, 0.2) is 24.3 Å². The van der Waals surface area contributed by atoms with Gasteiger partial charge in [-0.2, -0.15) is 0 Å². The molecular weight excluding hydrogens is 311 g/mol. The summed E-state index contributed by atoms with van der Waals surface area (Å²) in [6.07, 6.45) is 0. The molecule has 88 valence electrons. The third-order valence-corrected chi connectivity index (χ3v) is 4.13. The fraction of sp³-hybridized carbons (Fsp3) is 0.538. The van der Waals surface area contributed by atoms with Crippen molar-refractivity contribution in [1.82, 2.24) is 5.32 Å². The fourth-order valence-corrected chi connectivity index (χ4v) is 3.00. The van der Waals surface area contributed by atoms with Gasteiger partial charge in [0, 0.05) is 29.2 Å². The highest BCUT2D eigenvalue weighted by Crippen LogP contribution is 2.26. The van der Waals surface area contributed by atoms with Crippen LogP contribution in [0.2, 0.25) is 0 Å². The quantitative estimate of drug-likeness (QED) is 0.839. The second kappa shape index (κ2) is 5.36. The Bertz CT molecular complexity index is 352. The fourth-order valence-electron chi connectivity index (χ4n) is 2.30. The molecule has 1 heterocycles. The van der Waals surface area contributed by atoms with Crippen molar-refractivity contribution in [3.63, 3.8) is 0 Å². The summed E-state index contributed by atoms with van der Waals surface area (Å²) in [6, 6.07) is 9.29. The number of nitrogens with one attached hydrogen (secondary N) is 1. The van der Waals surface area contributed by atoms with Gasteiger partial charge in [0.1, 0.15) is 0 Å². The molecule has 2 nitrogen and oxygen atoms in total. The van der Waals surface area contributed by atoms with Crippen LogP contribution in [0.4, 0.5) is 5.69 Å². The first-order valence-corrected chi connectivity index (χ1v) is 7.00. The Hall–Kier alpha value is -0.290. The first kappa shape index (κ1) is 12.2. The highest BCUT2D eigenvalue weighted by Gasteiger charge is 2.25. The van der Waals surface area contributed by atoms with Crippen LogP contribution in [0, 0.1) is 9.49 Å². The Labute approximate surface area is 112 Å². The molecule has 0 spiro atoms. The summed E-state index contributed by atoms with van der Waals surface area (Å²) in [5.41, 5.74) is 1.39. The van der Waals surface area contributed by atoms with E-state index in [1.807, 2.05) is 0 Å². The molecule has 1 aromatic rings. The van der Waals surface area contributed by atoms with Crippen LogP contribution in [0.3, 0.4) is 0 Å². The summed E-state index contributed by atoms with van der Waals surface area (Å²) in [4.78, 5) is 2.56. The SMILES string of the molecule is CC(C)C1CNCCN1c1ccccc1I. The molecule has 1 unspecified atom stereocenters. The Morgan fingerprint density at radius 3 is 2.81 bits per heavy atom. The number of hydrogen-bond donors (Lipinski definition) is 1. The number of hydrogen-bond acceptors (Lipinski definition) is 2. The normalized spacial score (nSPS) is 21.5. The van der Waals surface area contributed by atoms with E-state index in [1.165, 1.54) is 9.26 Å². The van der Waals surface area contributed by atoms with E-state index < -0.39 is 0 Å². The van der Waals surface area contributed by atoms with Gasteiger partial charge in [-0.15, -0.1) is 0 Å². The molecule has 0 amide bonds. The summed E-state index contributed by atoms with van der Waals surface area (Å²) in [5.74, 6) is 0.684. The van der Waals surface area contributed by atoms with Crippen LogP contribution in [0.25, 0.3) is 0 Å². The minimum absolute atomic E-state index is 0.615. The van der Waals surface area contributed by atoms with Gasteiger partial charge in [0.15, 0.2) is 0 Å². The maximum absolute atomic E-state index is 3.49. The van der Waals surface area contributed by atoms with Crippen molar-refractivity contribution in [3.8, 4) is 0 Å². The van der Waals surface area contributed by atoms with Gasteiger partial charge in [-0.25, -0.2) is 0 Å². The number of halogens is 1. The maximum atomic E-state index is 3.49. The first-order valence-electron chi connectivity index (χ1n) is 5.92. The average molecular weight is 330 g/mol. The van der Waals surface area contributed by atoms with Crippen LogP contribution >= 0.6 is 22.6 Å². The molecule has 0 bridgehead atoms. The van der Waals surface area contributed by atoms with Gasteiger partial charge in [0.05, 0.1) is 5.69 Å². The summed E-state index contributed by atoms with van der Waals surface area (Å²) < 4.78 is 1.35. The molecule has 0 aliphatic carbocycles. The molecule has 0 saturated carbocycles. The third-order valence-electron chi connectivity index (χ3n) is 3.21. The van der Waals surface area contributed by atoms with E-state index in [4.69, 9.17) is 0 Å². The molecule has 1 aromatic carbocycles. The summed E-state index contributed by atoms with van der Waals surface area (Å²) in [7, 11) is 0. The van der Waals surface area contributed by atoms with E-state index in [0.29, 0.717) is 12.0 Å². The van der Waals surface area contributed by atoms with Crippen molar-refractivity contribution >= 4 is 28.3 Å². The Kier molecular flexibility index (Phi) is 4.08. The van der Waals surface area contributed by atoms with Crippen LogP contribution in [-0.4, -0.2) is 25.7 Å². The number of nitrogens with zero attached hydrogens (tertiary/aromatic N) is 1. The van der Waals surface area contributed by atoms with E-state index in [9.17, 15) is 0 Å². The standard InChI is InChI=1S/C13H19IN2/c1-10(2)13-9-15-7-8-16(13)12-6-4-3-5-11(12)14/h3-6,10,13,15H,7-9H2,1-2H3. The molecule has 1 aliphatic rings. The smallest absolute Gasteiger partial charge is 0.0505 e. The Morgan fingerprint density at radius 1 is 1.38 bits per heavy atom. The van der Waals surface area contributed by atoms with E-state index in [0.717, 1.165) is 19.6 Å². The summed E-state index contributed by atoms with van der Waals surface area (Å²) in [5, 5.41) is 3.49. The lowest BCUT2D eigenvalue weighted by Crippen LogP contribution is -2.54. The molecule has 1 atom stereocenters. The lowest BCUT2D eigenvalue weighted by atomic mass is 10.00. The van der Waals surface area contributed by atoms with E-state index in [-0.39, 0.29) is 0 Å². The largest absolute Gasteiger partial charge is 0.365 e. The molecular formula is C13H19IN2. The minimum Gasteiger partial charge on any atom is -0.365 e. The van der Waals surface area contributed by atoms with Crippen molar-refractivity contribution in [2.75, 3.05) is 24.5 Å². The maximum Gasteiger partial charge on any atom is 0.0505 e. The van der Waals surface area contributed by atoms with Gasteiger partial charge in [0.25, 0.3) is 0 Å². The Morgan fingerprint density at radius 2 is 2.12 bits per heavy atom. The molecule has 1 saturated heterocycles. The highest BCUT2D eigenvalue weighted by atomic mass is 127. The summed E-state index contributed by atoms with van der Waals surface area (Å²) in [6.45, 7) is 7.92. The molecule has 16 heavy (non-hydrogen) atoms. The van der Waals surface area contributed by atoms with Crippen molar-refractivity contribution in [1.29, 1.82) is 0 Å². The van der Waals surface area contributed by atoms with Crippen LogP contribution < -0.4 is 10.2 Å². The number of benzene rings is 1. The molecule has 0 radical (unpaired) electrons. The van der Waals surface area contributed by atoms with Crippen LogP contribution in [0.5, 0.6) is 0 Å². The molecule has 3 heteroatoms. The Balaban J connectivity index is 2.27. The lowest BCUT2D eigenvalue weighted by Gasteiger charge is -2.40. The van der Waals surface area contributed by atoms with Crippen molar-refractivity contribution in [2.45, 2.75) is 19.9 Å². The zero-order valence-corrected chi connectivity index (χ0v) is 12.1. The average Bonchev–Trinajstić information content (AvgIpc) is 2.29. The van der Waals surface area contributed by atoms with Gasteiger partial charge < -0.3 is 10.2 Å². The number of anilines is 1. The monoisotopic (exact) mass is 330 g/mol. The molecule has 1 N–H and O–H groups in total. The molecule has 0 aromatic heterocycles. The van der Waals surface area contributed by atoms with Gasteiger partial charge >= 0.3 is 0 Å². The van der Waals surface area contributed by atoms with Crippen molar-refractivity contribution in [3.05, 3.63) is 27.8 Å². The number of rotatable bonds is 2. The van der Waals surface area contributed by atoms with Gasteiger partial charge in [-0.1, -0.05) is 26.0 Å². The van der Waals surface area contributed by atoms with E-state index in [2.05, 4.69) is 70.9 Å². The van der Waals surface area contributed by atoms with Gasteiger partial charge in [-0.3, -0.25) is 0 Å². The van der Waals surface area contributed by atoms with Crippen LogP contribution in [0.1, 0.15) is 13.8 Å².